The van der Waals surface area contributed by atoms with Crippen molar-refractivity contribution in [2.24, 2.45) is 0 Å². The number of alkyl halides is 3. The van der Waals surface area contributed by atoms with E-state index in [0.29, 0.717) is 24.2 Å². The van der Waals surface area contributed by atoms with Gasteiger partial charge in [0, 0.05) is 44.8 Å². The number of carbonyl (C=O) groups excluding carboxylic acids is 1. The van der Waals surface area contributed by atoms with Crippen LogP contribution in [0.4, 0.5) is 17.6 Å². The lowest BCUT2D eigenvalue weighted by atomic mass is 10.1. The smallest absolute Gasteiger partial charge is 0.416 e. The van der Waals surface area contributed by atoms with Crippen molar-refractivity contribution in [2.75, 3.05) is 33.2 Å². The Morgan fingerprint density at radius 2 is 1.77 bits per heavy atom. The van der Waals surface area contributed by atoms with Crippen molar-refractivity contribution in [1.82, 2.24) is 19.7 Å². The lowest BCUT2D eigenvalue weighted by molar-refractivity contribution is -0.137. The summed E-state index contributed by atoms with van der Waals surface area (Å²) in [6.45, 7) is 3.02. The van der Waals surface area contributed by atoms with Crippen LogP contribution in [0.2, 0.25) is 0 Å². The third-order valence-corrected chi connectivity index (χ3v) is 5.93. The maximum absolute atomic E-state index is 14.3. The highest BCUT2D eigenvalue weighted by atomic mass is 19.4. The van der Waals surface area contributed by atoms with Crippen molar-refractivity contribution in [3.63, 3.8) is 0 Å². The summed E-state index contributed by atoms with van der Waals surface area (Å²) in [7, 11) is 1.99. The molecule has 0 atom stereocenters. The van der Waals surface area contributed by atoms with Crippen LogP contribution in [0.15, 0.2) is 59.2 Å². The summed E-state index contributed by atoms with van der Waals surface area (Å²) in [5.41, 5.74) is 0.225. The minimum absolute atomic E-state index is 0.0839. The number of rotatable bonds is 7. The van der Waals surface area contributed by atoms with Crippen LogP contribution in [0.1, 0.15) is 33.1 Å². The normalized spacial score (nSPS) is 15.1. The summed E-state index contributed by atoms with van der Waals surface area (Å²) < 4.78 is 59.4. The van der Waals surface area contributed by atoms with E-state index in [9.17, 15) is 22.4 Å². The molecule has 0 bridgehead atoms. The molecule has 186 valence electrons. The predicted molar refractivity (Wildman–Crippen MR) is 121 cm³/mol. The largest absolute Gasteiger partial charge is 0.447 e. The highest BCUT2D eigenvalue weighted by molar-refractivity contribution is 5.92. The van der Waals surface area contributed by atoms with Crippen LogP contribution in [-0.2, 0) is 25.8 Å². The molecule has 1 aliphatic heterocycles. The molecule has 0 N–H and O–H groups in total. The van der Waals surface area contributed by atoms with Gasteiger partial charge in [0.25, 0.3) is 5.91 Å². The summed E-state index contributed by atoms with van der Waals surface area (Å²) in [6.07, 6.45) is -3.17. The van der Waals surface area contributed by atoms with Crippen molar-refractivity contribution in [2.45, 2.75) is 25.8 Å². The molecule has 0 spiro atoms. The molecule has 4 rings (SSSR count). The molecular weight excluding hydrogens is 464 g/mol. The van der Waals surface area contributed by atoms with Gasteiger partial charge in [-0.3, -0.25) is 9.69 Å². The Labute approximate surface area is 200 Å². The minimum Gasteiger partial charge on any atom is -0.447 e. The van der Waals surface area contributed by atoms with E-state index < -0.39 is 17.6 Å². The van der Waals surface area contributed by atoms with Gasteiger partial charge < -0.3 is 14.2 Å². The molecule has 0 unspecified atom stereocenters. The number of likely N-dealkylation sites (N-methyl/N-ethyl adjacent to an activating group) is 1. The molecule has 35 heavy (non-hydrogen) atoms. The van der Waals surface area contributed by atoms with Crippen LogP contribution < -0.4 is 0 Å². The second-order valence-corrected chi connectivity index (χ2v) is 8.66. The first-order valence-corrected chi connectivity index (χ1v) is 11.2. The van der Waals surface area contributed by atoms with Crippen LogP contribution in [0.3, 0.4) is 0 Å². The molecule has 10 heteroatoms. The molecule has 1 saturated heterocycles. The molecule has 1 aromatic heterocycles. The molecule has 0 saturated carbocycles. The van der Waals surface area contributed by atoms with E-state index in [1.165, 1.54) is 18.4 Å². The summed E-state index contributed by atoms with van der Waals surface area (Å²) in [4.78, 5) is 22.7. The third-order valence-electron chi connectivity index (χ3n) is 5.93. The SMILES string of the molecule is CN1CCN(C(=O)c2coc(CN(Cc3cccc(C(F)(F)F)c3)Cc3ccccc3F)n2)CC1. The molecule has 6 nitrogen and oxygen atoms in total. The van der Waals surface area contributed by atoms with E-state index in [1.54, 1.807) is 34.1 Å². The Bertz CT molecular complexity index is 1160. The molecule has 0 aliphatic carbocycles. The van der Waals surface area contributed by atoms with Gasteiger partial charge in [-0.25, -0.2) is 9.37 Å². The number of carbonyl (C=O) groups is 1. The Hall–Kier alpha value is -3.24. The van der Waals surface area contributed by atoms with Crippen LogP contribution in [-0.4, -0.2) is 58.8 Å². The number of hydrogen-bond acceptors (Lipinski definition) is 5. The van der Waals surface area contributed by atoms with E-state index in [0.717, 1.165) is 25.2 Å². The first-order valence-electron chi connectivity index (χ1n) is 11.2. The van der Waals surface area contributed by atoms with Gasteiger partial charge in [-0.05, 0) is 24.7 Å². The summed E-state index contributed by atoms with van der Waals surface area (Å²) >= 11 is 0. The van der Waals surface area contributed by atoms with Gasteiger partial charge >= 0.3 is 6.18 Å². The number of nitrogens with zero attached hydrogens (tertiary/aromatic N) is 4. The van der Waals surface area contributed by atoms with Gasteiger partial charge in [0.15, 0.2) is 5.69 Å². The van der Waals surface area contributed by atoms with E-state index >= 15 is 0 Å². The van der Waals surface area contributed by atoms with Crippen molar-refractivity contribution < 1.29 is 26.8 Å². The first-order chi connectivity index (χ1) is 16.7. The van der Waals surface area contributed by atoms with Crippen molar-refractivity contribution in [3.05, 3.63) is 88.9 Å². The Kier molecular flexibility index (Phi) is 7.51. The van der Waals surface area contributed by atoms with Gasteiger partial charge in [-0.1, -0.05) is 36.4 Å². The van der Waals surface area contributed by atoms with Crippen LogP contribution in [0, 0.1) is 5.82 Å². The summed E-state index contributed by atoms with van der Waals surface area (Å²) in [5, 5.41) is 0. The average molecular weight is 491 g/mol. The van der Waals surface area contributed by atoms with Gasteiger partial charge in [-0.15, -0.1) is 0 Å². The third kappa shape index (κ3) is 6.46. The number of oxazole rings is 1. The van der Waals surface area contributed by atoms with E-state index in [2.05, 4.69) is 9.88 Å². The highest BCUT2D eigenvalue weighted by Gasteiger charge is 2.30. The quantitative estimate of drug-likeness (QED) is 0.459. The molecule has 3 aromatic rings. The minimum atomic E-state index is -4.46. The van der Waals surface area contributed by atoms with Crippen LogP contribution in [0.25, 0.3) is 0 Å². The monoisotopic (exact) mass is 490 g/mol. The van der Waals surface area contributed by atoms with E-state index in [4.69, 9.17) is 4.42 Å². The lowest BCUT2D eigenvalue weighted by Crippen LogP contribution is -2.47. The van der Waals surface area contributed by atoms with Gasteiger partial charge in [0.1, 0.15) is 12.1 Å². The fourth-order valence-corrected chi connectivity index (χ4v) is 3.98. The number of amides is 1. The number of hydrogen-bond donors (Lipinski definition) is 0. The standard InChI is InChI=1S/C25H26F4N4O2/c1-31-9-11-33(12-10-31)24(34)22-17-35-23(30-22)16-32(15-19-6-2-3-8-21(19)26)14-18-5-4-7-20(13-18)25(27,28)29/h2-8,13,17H,9-12,14-16H2,1H3. The lowest BCUT2D eigenvalue weighted by Gasteiger charge is -2.31. The van der Waals surface area contributed by atoms with Gasteiger partial charge in [0.05, 0.1) is 12.1 Å². The second-order valence-electron chi connectivity index (χ2n) is 8.66. The molecule has 1 amide bonds. The Morgan fingerprint density at radius 1 is 1.03 bits per heavy atom. The van der Waals surface area contributed by atoms with Crippen molar-refractivity contribution in [3.8, 4) is 0 Å². The molecular formula is C25H26F4N4O2. The number of halogens is 4. The van der Waals surface area contributed by atoms with Gasteiger partial charge in [0.2, 0.25) is 5.89 Å². The highest BCUT2D eigenvalue weighted by Crippen LogP contribution is 2.30. The summed E-state index contributed by atoms with van der Waals surface area (Å²) in [6, 6.07) is 11.2. The number of aromatic nitrogens is 1. The van der Waals surface area contributed by atoms with Crippen LogP contribution in [0.5, 0.6) is 0 Å². The zero-order chi connectivity index (χ0) is 25.0. The van der Waals surface area contributed by atoms with E-state index in [1.807, 2.05) is 7.05 Å². The molecule has 1 aliphatic rings. The maximum Gasteiger partial charge on any atom is 0.416 e. The zero-order valence-electron chi connectivity index (χ0n) is 19.3. The fraction of sp³-hybridized carbons (Fsp3) is 0.360. The fourth-order valence-electron chi connectivity index (χ4n) is 3.98. The Balaban J connectivity index is 1.52. The average Bonchev–Trinajstić information content (AvgIpc) is 3.29. The molecule has 2 heterocycles. The number of piperazine rings is 1. The molecule has 0 radical (unpaired) electrons. The van der Waals surface area contributed by atoms with Crippen molar-refractivity contribution >= 4 is 5.91 Å². The molecule has 1 fully saturated rings. The van der Waals surface area contributed by atoms with Gasteiger partial charge in [-0.2, -0.15) is 13.2 Å². The van der Waals surface area contributed by atoms with Crippen LogP contribution >= 0.6 is 0 Å². The predicted octanol–water partition coefficient (Wildman–Crippen LogP) is 4.42. The maximum atomic E-state index is 14.3. The summed E-state index contributed by atoms with van der Waals surface area (Å²) in [5.74, 6) is -0.419. The number of benzene rings is 2. The Morgan fingerprint density at radius 3 is 2.49 bits per heavy atom. The topological polar surface area (TPSA) is 52.8 Å². The molecule has 2 aromatic carbocycles. The zero-order valence-corrected chi connectivity index (χ0v) is 19.3. The van der Waals surface area contributed by atoms with Crippen molar-refractivity contribution in [1.29, 1.82) is 0 Å². The van der Waals surface area contributed by atoms with E-state index in [-0.39, 0.29) is 37.1 Å². The first kappa shape index (κ1) is 24.9. The second kappa shape index (κ2) is 10.6.